The molecule has 1 saturated heterocycles. The molecule has 0 spiro atoms. The molecule has 1 aliphatic heterocycles. The fraction of sp³-hybridized carbons (Fsp3) is 0.368. The molecule has 1 aliphatic rings. The lowest BCUT2D eigenvalue weighted by Gasteiger charge is -2.33. The molecule has 0 radical (unpaired) electrons. The van der Waals surface area contributed by atoms with E-state index in [1.54, 1.807) is 11.0 Å². The third-order valence-electron chi connectivity index (χ3n) is 4.70. The summed E-state index contributed by atoms with van der Waals surface area (Å²) in [6, 6.07) is 4.27. The van der Waals surface area contributed by atoms with Crippen LogP contribution in [0.5, 0.6) is 0 Å². The summed E-state index contributed by atoms with van der Waals surface area (Å²) in [4.78, 5) is 14.2. The Morgan fingerprint density at radius 2 is 2.19 bits per heavy atom. The topological polar surface area (TPSA) is 58.4 Å². The van der Waals surface area contributed by atoms with Gasteiger partial charge in [-0.25, -0.2) is 9.18 Å². The SMILES string of the molecule is Cc1noc(NC(=O)N2CCC(=Cc3cc(F)cc(Cl)c3)C(C)C2)c1C. The van der Waals surface area contributed by atoms with Crippen LogP contribution in [0.15, 0.2) is 28.3 Å². The lowest BCUT2D eigenvalue weighted by molar-refractivity contribution is 0.197. The molecule has 3 rings (SSSR count). The van der Waals surface area contributed by atoms with E-state index >= 15 is 0 Å². The maximum atomic E-state index is 13.5. The van der Waals surface area contributed by atoms with Crippen LogP contribution in [0.2, 0.25) is 5.02 Å². The molecule has 0 bridgehead atoms. The Balaban J connectivity index is 1.67. The van der Waals surface area contributed by atoms with Gasteiger partial charge in [0.1, 0.15) is 5.82 Å². The summed E-state index contributed by atoms with van der Waals surface area (Å²) in [7, 11) is 0. The van der Waals surface area contributed by atoms with Gasteiger partial charge in [-0.1, -0.05) is 35.3 Å². The normalized spacial score (nSPS) is 19.0. The van der Waals surface area contributed by atoms with Gasteiger partial charge in [-0.15, -0.1) is 0 Å². The number of hydrogen-bond donors (Lipinski definition) is 1. The molecule has 1 unspecified atom stereocenters. The second kappa shape index (κ2) is 7.50. The van der Waals surface area contributed by atoms with Crippen molar-refractivity contribution >= 4 is 29.6 Å². The molecule has 2 heterocycles. The minimum atomic E-state index is -0.355. The first-order valence-corrected chi connectivity index (χ1v) is 8.86. The van der Waals surface area contributed by atoms with E-state index in [0.29, 0.717) is 24.0 Å². The molecule has 26 heavy (non-hydrogen) atoms. The molecular formula is C19H21ClFN3O2. The number of rotatable bonds is 2. The first kappa shape index (κ1) is 18.5. The summed E-state index contributed by atoms with van der Waals surface area (Å²) in [6.07, 6.45) is 2.68. The number of aromatic nitrogens is 1. The van der Waals surface area contributed by atoms with Crippen molar-refractivity contribution in [2.24, 2.45) is 5.92 Å². The van der Waals surface area contributed by atoms with Crippen LogP contribution in [-0.4, -0.2) is 29.2 Å². The zero-order valence-corrected chi connectivity index (χ0v) is 15.7. The molecule has 1 aromatic carbocycles. The van der Waals surface area contributed by atoms with E-state index in [-0.39, 0.29) is 17.8 Å². The quantitative estimate of drug-likeness (QED) is 0.797. The maximum Gasteiger partial charge on any atom is 0.324 e. The molecule has 1 fully saturated rings. The number of anilines is 1. The number of carbonyl (C=O) groups is 1. The second-order valence-electron chi connectivity index (χ2n) is 6.67. The van der Waals surface area contributed by atoms with E-state index < -0.39 is 0 Å². The van der Waals surface area contributed by atoms with Crippen molar-refractivity contribution in [3.63, 3.8) is 0 Å². The zero-order chi connectivity index (χ0) is 18.8. The summed E-state index contributed by atoms with van der Waals surface area (Å²) in [5, 5.41) is 6.99. The van der Waals surface area contributed by atoms with Crippen molar-refractivity contribution in [3.05, 3.63) is 51.4 Å². The number of halogens is 2. The van der Waals surface area contributed by atoms with Gasteiger partial charge >= 0.3 is 6.03 Å². The Bertz CT molecular complexity index is 842. The lowest BCUT2D eigenvalue weighted by atomic mass is 9.91. The molecular weight excluding hydrogens is 357 g/mol. The highest BCUT2D eigenvalue weighted by atomic mass is 35.5. The van der Waals surface area contributed by atoms with Gasteiger partial charge in [0, 0.05) is 23.7 Å². The number of nitrogens with zero attached hydrogens (tertiary/aromatic N) is 2. The van der Waals surface area contributed by atoms with Gasteiger partial charge in [-0.05, 0) is 49.9 Å². The van der Waals surface area contributed by atoms with E-state index in [2.05, 4.69) is 17.4 Å². The Kier molecular flexibility index (Phi) is 5.32. The first-order valence-electron chi connectivity index (χ1n) is 8.49. The van der Waals surface area contributed by atoms with E-state index in [1.165, 1.54) is 17.7 Å². The van der Waals surface area contributed by atoms with Gasteiger partial charge in [-0.3, -0.25) is 5.32 Å². The molecule has 1 N–H and O–H groups in total. The Labute approximate surface area is 156 Å². The van der Waals surface area contributed by atoms with E-state index in [1.807, 2.05) is 19.9 Å². The van der Waals surface area contributed by atoms with Crippen LogP contribution in [0.1, 0.15) is 30.2 Å². The molecule has 1 atom stereocenters. The van der Waals surface area contributed by atoms with E-state index in [4.69, 9.17) is 16.1 Å². The van der Waals surface area contributed by atoms with Gasteiger partial charge in [0.15, 0.2) is 0 Å². The third-order valence-corrected chi connectivity index (χ3v) is 4.92. The summed E-state index contributed by atoms with van der Waals surface area (Å²) in [6.45, 7) is 6.89. The number of benzene rings is 1. The van der Waals surface area contributed by atoms with E-state index in [0.717, 1.165) is 23.2 Å². The molecule has 0 aliphatic carbocycles. The second-order valence-corrected chi connectivity index (χ2v) is 7.11. The summed E-state index contributed by atoms with van der Waals surface area (Å²) in [5.41, 5.74) is 3.49. The van der Waals surface area contributed by atoms with Crippen LogP contribution in [0.25, 0.3) is 6.08 Å². The van der Waals surface area contributed by atoms with Gasteiger partial charge in [0.25, 0.3) is 0 Å². The number of piperidine rings is 1. The van der Waals surface area contributed by atoms with Gasteiger partial charge < -0.3 is 9.42 Å². The highest BCUT2D eigenvalue weighted by Crippen LogP contribution is 2.27. The highest BCUT2D eigenvalue weighted by molar-refractivity contribution is 6.30. The average molecular weight is 378 g/mol. The Morgan fingerprint density at radius 3 is 2.81 bits per heavy atom. The summed E-state index contributed by atoms with van der Waals surface area (Å²) in [5.74, 6) is 0.191. The summed E-state index contributed by atoms with van der Waals surface area (Å²) < 4.78 is 18.6. The molecule has 0 saturated carbocycles. The molecule has 2 amide bonds. The van der Waals surface area contributed by atoms with Crippen molar-refractivity contribution in [2.45, 2.75) is 27.2 Å². The predicted octanol–water partition coefficient (Wildman–Crippen LogP) is 5.04. The first-order chi connectivity index (χ1) is 12.3. The van der Waals surface area contributed by atoms with Crippen LogP contribution < -0.4 is 5.32 Å². The number of likely N-dealkylation sites (tertiary alicyclic amines) is 1. The van der Waals surface area contributed by atoms with Crippen molar-refractivity contribution < 1.29 is 13.7 Å². The van der Waals surface area contributed by atoms with Gasteiger partial charge in [-0.2, -0.15) is 0 Å². The van der Waals surface area contributed by atoms with Crippen LogP contribution in [0, 0.1) is 25.6 Å². The van der Waals surface area contributed by atoms with Gasteiger partial charge in [0.05, 0.1) is 5.69 Å². The number of hydrogen-bond acceptors (Lipinski definition) is 3. The molecule has 2 aromatic rings. The fourth-order valence-electron chi connectivity index (χ4n) is 3.03. The van der Waals surface area contributed by atoms with Crippen LogP contribution in [-0.2, 0) is 0 Å². The van der Waals surface area contributed by atoms with E-state index in [9.17, 15) is 9.18 Å². The molecule has 5 nitrogen and oxygen atoms in total. The van der Waals surface area contributed by atoms with Crippen LogP contribution >= 0.6 is 11.6 Å². The van der Waals surface area contributed by atoms with Crippen molar-refractivity contribution in [1.82, 2.24) is 10.1 Å². The summed E-state index contributed by atoms with van der Waals surface area (Å²) >= 11 is 5.92. The monoisotopic (exact) mass is 377 g/mol. The standard InChI is InChI=1S/C19H21ClFN3O2/c1-11-10-24(19(25)22-18-12(2)13(3)23-26-18)5-4-15(11)6-14-7-16(20)9-17(21)8-14/h6-9,11H,4-5,10H2,1-3H3,(H,22,25). The smallest absolute Gasteiger partial charge is 0.324 e. The van der Waals surface area contributed by atoms with Crippen molar-refractivity contribution in [1.29, 1.82) is 0 Å². The zero-order valence-electron chi connectivity index (χ0n) is 15.0. The number of nitrogens with one attached hydrogen (secondary N) is 1. The van der Waals surface area contributed by atoms with Crippen molar-refractivity contribution in [2.75, 3.05) is 18.4 Å². The molecule has 7 heteroatoms. The average Bonchev–Trinajstić information content (AvgIpc) is 2.88. The lowest BCUT2D eigenvalue weighted by Crippen LogP contribution is -2.42. The molecule has 138 valence electrons. The third kappa shape index (κ3) is 4.07. The molecule has 1 aromatic heterocycles. The highest BCUT2D eigenvalue weighted by Gasteiger charge is 2.25. The predicted molar refractivity (Wildman–Crippen MR) is 99.7 cm³/mol. The van der Waals surface area contributed by atoms with Crippen LogP contribution in [0.4, 0.5) is 15.1 Å². The minimum absolute atomic E-state index is 0.161. The number of urea groups is 1. The largest absolute Gasteiger partial charge is 0.338 e. The number of amides is 2. The maximum absolute atomic E-state index is 13.5. The van der Waals surface area contributed by atoms with Crippen molar-refractivity contribution in [3.8, 4) is 0 Å². The number of carbonyl (C=O) groups excluding carboxylic acids is 1. The Hall–Kier alpha value is -2.34. The number of aryl methyl sites for hydroxylation is 1. The van der Waals surface area contributed by atoms with Gasteiger partial charge in [0.2, 0.25) is 5.88 Å². The fourth-order valence-corrected chi connectivity index (χ4v) is 3.26. The van der Waals surface area contributed by atoms with Crippen LogP contribution in [0.3, 0.4) is 0 Å². The Morgan fingerprint density at radius 1 is 1.42 bits per heavy atom. The minimum Gasteiger partial charge on any atom is -0.338 e.